The van der Waals surface area contributed by atoms with Gasteiger partial charge in [-0.15, -0.1) is 0 Å². The molecule has 7 heteroatoms. The van der Waals surface area contributed by atoms with Crippen molar-refractivity contribution in [3.05, 3.63) is 23.9 Å². The van der Waals surface area contributed by atoms with Crippen molar-refractivity contribution >= 4 is 23.6 Å². The molecule has 3 heterocycles. The number of thioether (sulfide) groups is 1. The minimum Gasteiger partial charge on any atom is -0.473 e. The van der Waals surface area contributed by atoms with E-state index < -0.39 is 6.04 Å². The Morgan fingerprint density at radius 3 is 2.96 bits per heavy atom. The molecule has 0 radical (unpaired) electrons. The molecule has 2 saturated heterocycles. The first-order chi connectivity index (χ1) is 11.7. The zero-order chi connectivity index (χ0) is 16.9. The van der Waals surface area contributed by atoms with Gasteiger partial charge in [-0.05, 0) is 43.6 Å². The van der Waals surface area contributed by atoms with Crippen LogP contribution in [-0.4, -0.2) is 59.1 Å². The number of likely N-dealkylation sites (tertiary alicyclic amines) is 1. The lowest BCUT2D eigenvalue weighted by Crippen LogP contribution is -2.48. The van der Waals surface area contributed by atoms with Crippen LogP contribution in [-0.2, 0) is 9.53 Å². The molecule has 0 bridgehead atoms. The Kier molecular flexibility index (Phi) is 5.60. The van der Waals surface area contributed by atoms with Crippen molar-refractivity contribution in [1.29, 1.82) is 0 Å². The average Bonchev–Trinajstić information content (AvgIpc) is 3.14. The van der Waals surface area contributed by atoms with Crippen molar-refractivity contribution in [3.63, 3.8) is 0 Å². The number of pyridine rings is 1. The third-order valence-corrected chi connectivity index (χ3v) is 5.54. The van der Waals surface area contributed by atoms with E-state index in [4.69, 9.17) is 9.47 Å². The predicted molar refractivity (Wildman–Crippen MR) is 91.3 cm³/mol. The van der Waals surface area contributed by atoms with E-state index in [1.165, 1.54) is 7.11 Å². The molecule has 1 aromatic heterocycles. The minimum absolute atomic E-state index is 0.0919. The van der Waals surface area contributed by atoms with Gasteiger partial charge < -0.3 is 14.4 Å². The SMILES string of the molecule is COC(=O)C1CCCCN1C(=O)c1cccnc1OC1CCSC1. The van der Waals surface area contributed by atoms with E-state index >= 15 is 0 Å². The van der Waals surface area contributed by atoms with Crippen LogP contribution in [0.3, 0.4) is 0 Å². The summed E-state index contributed by atoms with van der Waals surface area (Å²) in [6.07, 6.45) is 5.11. The van der Waals surface area contributed by atoms with Gasteiger partial charge in [-0.1, -0.05) is 0 Å². The van der Waals surface area contributed by atoms with Crippen molar-refractivity contribution < 1.29 is 19.1 Å². The summed E-state index contributed by atoms with van der Waals surface area (Å²) in [6.45, 7) is 0.548. The summed E-state index contributed by atoms with van der Waals surface area (Å²) in [6, 6.07) is 2.92. The fourth-order valence-corrected chi connectivity index (χ4v) is 4.22. The summed E-state index contributed by atoms with van der Waals surface area (Å²) in [5, 5.41) is 0. The molecule has 0 aliphatic carbocycles. The van der Waals surface area contributed by atoms with E-state index in [-0.39, 0.29) is 18.0 Å². The number of amides is 1. The molecule has 130 valence electrons. The number of rotatable bonds is 4. The van der Waals surface area contributed by atoms with Gasteiger partial charge in [-0.25, -0.2) is 9.78 Å². The van der Waals surface area contributed by atoms with Gasteiger partial charge in [0.2, 0.25) is 5.88 Å². The van der Waals surface area contributed by atoms with Gasteiger partial charge in [0.15, 0.2) is 0 Å². The summed E-state index contributed by atoms with van der Waals surface area (Å²) < 4.78 is 10.8. The van der Waals surface area contributed by atoms with Crippen LogP contribution in [0.15, 0.2) is 18.3 Å². The van der Waals surface area contributed by atoms with Crippen molar-refractivity contribution in [3.8, 4) is 5.88 Å². The monoisotopic (exact) mass is 350 g/mol. The topological polar surface area (TPSA) is 68.7 Å². The Hall–Kier alpha value is -1.76. The van der Waals surface area contributed by atoms with Crippen molar-refractivity contribution in [2.75, 3.05) is 25.2 Å². The third-order valence-electron chi connectivity index (χ3n) is 4.40. The summed E-state index contributed by atoms with van der Waals surface area (Å²) in [5.41, 5.74) is 0.421. The van der Waals surface area contributed by atoms with Crippen LogP contribution in [0.4, 0.5) is 0 Å². The molecular formula is C17H22N2O4S. The summed E-state index contributed by atoms with van der Waals surface area (Å²) >= 11 is 1.84. The number of methoxy groups -OCH3 is 1. The predicted octanol–water partition coefficient (Wildman–Crippen LogP) is 2.13. The van der Waals surface area contributed by atoms with E-state index in [2.05, 4.69) is 4.98 Å². The van der Waals surface area contributed by atoms with Gasteiger partial charge >= 0.3 is 5.97 Å². The van der Waals surface area contributed by atoms with E-state index in [0.717, 1.165) is 30.8 Å². The van der Waals surface area contributed by atoms with E-state index in [1.54, 1.807) is 23.2 Å². The van der Waals surface area contributed by atoms with Crippen LogP contribution in [0.25, 0.3) is 0 Å². The highest BCUT2D eigenvalue weighted by Crippen LogP contribution is 2.27. The van der Waals surface area contributed by atoms with E-state index in [1.807, 2.05) is 11.8 Å². The molecule has 0 spiro atoms. The maximum Gasteiger partial charge on any atom is 0.328 e. The van der Waals surface area contributed by atoms with Gasteiger partial charge in [-0.2, -0.15) is 11.8 Å². The summed E-state index contributed by atoms with van der Waals surface area (Å²) in [5.74, 6) is 1.78. The molecule has 0 N–H and O–H groups in total. The smallest absolute Gasteiger partial charge is 0.328 e. The zero-order valence-electron chi connectivity index (χ0n) is 13.8. The van der Waals surface area contributed by atoms with Crippen LogP contribution in [0, 0.1) is 0 Å². The number of hydrogen-bond donors (Lipinski definition) is 0. The standard InChI is InChI=1S/C17H22N2O4S/c1-22-17(21)14-6-2-3-9-19(14)16(20)13-5-4-8-18-15(13)23-12-7-10-24-11-12/h4-5,8,12,14H,2-3,6-7,9-11H2,1H3. The zero-order valence-corrected chi connectivity index (χ0v) is 14.6. The second-order valence-corrected chi connectivity index (χ2v) is 7.14. The molecule has 2 atom stereocenters. The second-order valence-electron chi connectivity index (χ2n) is 5.99. The van der Waals surface area contributed by atoms with E-state index in [0.29, 0.717) is 24.4 Å². The Balaban J connectivity index is 1.81. The number of piperidine rings is 1. The molecule has 0 saturated carbocycles. The van der Waals surface area contributed by atoms with Crippen molar-refractivity contribution in [2.45, 2.75) is 37.8 Å². The second kappa shape index (κ2) is 7.88. The molecule has 2 fully saturated rings. The molecule has 24 heavy (non-hydrogen) atoms. The Morgan fingerprint density at radius 1 is 1.33 bits per heavy atom. The normalized spacial score (nSPS) is 23.8. The highest BCUT2D eigenvalue weighted by molar-refractivity contribution is 7.99. The van der Waals surface area contributed by atoms with Crippen LogP contribution in [0.2, 0.25) is 0 Å². The maximum absolute atomic E-state index is 13.0. The number of carbonyl (C=O) groups is 2. The molecule has 2 aliphatic rings. The molecule has 0 aromatic carbocycles. The molecule has 2 aliphatic heterocycles. The lowest BCUT2D eigenvalue weighted by Gasteiger charge is -2.34. The fourth-order valence-electron chi connectivity index (χ4n) is 3.12. The molecule has 1 aromatic rings. The lowest BCUT2D eigenvalue weighted by atomic mass is 10.0. The summed E-state index contributed by atoms with van der Waals surface area (Å²) in [4.78, 5) is 30.9. The summed E-state index contributed by atoms with van der Waals surface area (Å²) in [7, 11) is 1.36. The number of hydrogen-bond acceptors (Lipinski definition) is 6. The van der Waals surface area contributed by atoms with Gasteiger partial charge in [0.1, 0.15) is 17.7 Å². The van der Waals surface area contributed by atoms with Crippen LogP contribution < -0.4 is 4.74 Å². The largest absolute Gasteiger partial charge is 0.473 e. The van der Waals surface area contributed by atoms with Gasteiger partial charge in [-0.3, -0.25) is 4.79 Å². The van der Waals surface area contributed by atoms with Crippen molar-refractivity contribution in [2.24, 2.45) is 0 Å². The first-order valence-electron chi connectivity index (χ1n) is 8.29. The van der Waals surface area contributed by atoms with Crippen LogP contribution >= 0.6 is 11.8 Å². The van der Waals surface area contributed by atoms with Gasteiger partial charge in [0.05, 0.1) is 7.11 Å². The van der Waals surface area contributed by atoms with Gasteiger partial charge in [0, 0.05) is 18.5 Å². The van der Waals surface area contributed by atoms with E-state index in [9.17, 15) is 9.59 Å². The number of nitrogens with zero attached hydrogens (tertiary/aromatic N) is 2. The number of esters is 1. The first kappa shape index (κ1) is 17.1. The van der Waals surface area contributed by atoms with Gasteiger partial charge in [0.25, 0.3) is 5.91 Å². The average molecular weight is 350 g/mol. The van der Waals surface area contributed by atoms with Crippen LogP contribution in [0.5, 0.6) is 5.88 Å². The molecule has 1 amide bonds. The quantitative estimate of drug-likeness (QED) is 0.775. The Bertz CT molecular complexity index is 604. The molecule has 3 rings (SSSR count). The Morgan fingerprint density at radius 2 is 2.21 bits per heavy atom. The highest BCUT2D eigenvalue weighted by Gasteiger charge is 2.35. The number of ether oxygens (including phenoxy) is 2. The highest BCUT2D eigenvalue weighted by atomic mass is 32.2. The lowest BCUT2D eigenvalue weighted by molar-refractivity contribution is -0.147. The molecule has 2 unspecified atom stereocenters. The van der Waals surface area contributed by atoms with Crippen LogP contribution in [0.1, 0.15) is 36.0 Å². The first-order valence-corrected chi connectivity index (χ1v) is 9.44. The maximum atomic E-state index is 13.0. The minimum atomic E-state index is -0.522. The van der Waals surface area contributed by atoms with Crippen molar-refractivity contribution in [1.82, 2.24) is 9.88 Å². The molecular weight excluding hydrogens is 328 g/mol. The number of aromatic nitrogens is 1. The third kappa shape index (κ3) is 3.66. The molecule has 6 nitrogen and oxygen atoms in total. The fraction of sp³-hybridized carbons (Fsp3) is 0.588. The Labute approximate surface area is 145 Å². The number of carbonyl (C=O) groups excluding carboxylic acids is 2.